The minimum absolute atomic E-state index is 0.152. The number of nitrogens with zero attached hydrogens (tertiary/aromatic N) is 1. The van der Waals surface area contributed by atoms with Crippen molar-refractivity contribution in [3.63, 3.8) is 0 Å². The molecule has 3 aromatic carbocycles. The third kappa shape index (κ3) is 6.37. The molecule has 4 aromatic rings. The molecule has 2 amide bonds. The van der Waals surface area contributed by atoms with Gasteiger partial charge < -0.3 is 10.1 Å². The Balaban J connectivity index is 1.70. The van der Waals surface area contributed by atoms with Gasteiger partial charge in [0.1, 0.15) is 11.8 Å². The summed E-state index contributed by atoms with van der Waals surface area (Å²) in [4.78, 5) is 30.0. The summed E-state index contributed by atoms with van der Waals surface area (Å²) in [6.45, 7) is 2.85. The van der Waals surface area contributed by atoms with E-state index in [-0.39, 0.29) is 18.2 Å². The first kappa shape index (κ1) is 24.2. The zero-order chi connectivity index (χ0) is 24.5. The third-order valence-electron chi connectivity index (χ3n) is 5.53. The number of carbonyl (C=O) groups excluding carboxylic acids is 2. The molecule has 1 N–H and O–H groups in total. The van der Waals surface area contributed by atoms with Gasteiger partial charge in [0.15, 0.2) is 0 Å². The number of benzene rings is 3. The van der Waals surface area contributed by atoms with Gasteiger partial charge in [0, 0.05) is 17.1 Å². The Kier molecular flexibility index (Phi) is 8.30. The van der Waals surface area contributed by atoms with Crippen LogP contribution < -0.4 is 15.0 Å². The molecule has 0 saturated heterocycles. The number of thiophene rings is 1. The molecule has 0 unspecified atom stereocenters. The minimum atomic E-state index is -0.828. The Bertz CT molecular complexity index is 1210. The maximum absolute atomic E-state index is 13.7. The van der Waals surface area contributed by atoms with Crippen molar-refractivity contribution in [2.75, 3.05) is 11.5 Å². The number of anilines is 1. The van der Waals surface area contributed by atoms with Crippen LogP contribution in [0.2, 0.25) is 0 Å². The quantitative estimate of drug-likeness (QED) is 0.310. The highest BCUT2D eigenvalue weighted by molar-refractivity contribution is 7.10. The van der Waals surface area contributed by atoms with Crippen molar-refractivity contribution in [1.82, 2.24) is 5.32 Å². The summed E-state index contributed by atoms with van der Waals surface area (Å²) in [5.41, 5.74) is 2.37. The highest BCUT2D eigenvalue weighted by Crippen LogP contribution is 2.31. The van der Waals surface area contributed by atoms with E-state index < -0.39 is 6.04 Å². The second-order valence-corrected chi connectivity index (χ2v) is 9.00. The van der Waals surface area contributed by atoms with Crippen LogP contribution in [0, 0.1) is 0 Å². The number of carbonyl (C=O) groups is 2. The third-order valence-corrected chi connectivity index (χ3v) is 6.41. The summed E-state index contributed by atoms with van der Waals surface area (Å²) in [5, 5.41) is 4.99. The van der Waals surface area contributed by atoms with E-state index in [0.717, 1.165) is 16.0 Å². The van der Waals surface area contributed by atoms with Gasteiger partial charge in [-0.25, -0.2) is 0 Å². The Morgan fingerprint density at radius 1 is 0.886 bits per heavy atom. The molecule has 0 fully saturated rings. The molecule has 6 heteroatoms. The molecule has 1 heterocycles. The lowest BCUT2D eigenvalue weighted by atomic mass is 10.0. The average molecular weight is 485 g/mol. The largest absolute Gasteiger partial charge is 0.494 e. The molecular weight excluding hydrogens is 456 g/mol. The van der Waals surface area contributed by atoms with Crippen LogP contribution in [-0.4, -0.2) is 18.4 Å². The van der Waals surface area contributed by atoms with Gasteiger partial charge in [0.25, 0.3) is 0 Å². The molecule has 35 heavy (non-hydrogen) atoms. The molecular formula is C29H28N2O3S. The van der Waals surface area contributed by atoms with Crippen molar-refractivity contribution in [3.05, 3.63) is 118 Å². The van der Waals surface area contributed by atoms with Gasteiger partial charge in [-0.1, -0.05) is 66.7 Å². The molecule has 0 aliphatic rings. The summed E-state index contributed by atoms with van der Waals surface area (Å²) >= 11 is 1.53. The van der Waals surface area contributed by atoms with Gasteiger partial charge in [-0.3, -0.25) is 14.5 Å². The van der Waals surface area contributed by atoms with Crippen LogP contribution in [-0.2, 0) is 22.6 Å². The average Bonchev–Trinajstić information content (AvgIpc) is 3.41. The number of ether oxygens (including phenoxy) is 1. The predicted molar refractivity (Wildman–Crippen MR) is 141 cm³/mol. The summed E-state index contributed by atoms with van der Waals surface area (Å²) in [7, 11) is 0. The van der Waals surface area contributed by atoms with Gasteiger partial charge in [0.2, 0.25) is 11.8 Å². The Hall–Kier alpha value is -3.90. The highest BCUT2D eigenvalue weighted by Gasteiger charge is 2.32. The van der Waals surface area contributed by atoms with Gasteiger partial charge in [-0.15, -0.1) is 11.3 Å². The van der Waals surface area contributed by atoms with E-state index in [1.54, 1.807) is 4.90 Å². The lowest BCUT2D eigenvalue weighted by Gasteiger charge is -2.31. The number of nitrogens with one attached hydrogen (secondary N) is 1. The Morgan fingerprint density at radius 2 is 1.57 bits per heavy atom. The van der Waals surface area contributed by atoms with Gasteiger partial charge >= 0.3 is 0 Å². The first-order valence-corrected chi connectivity index (χ1v) is 12.5. The zero-order valence-electron chi connectivity index (χ0n) is 19.6. The SMILES string of the molecule is CCOc1ccc(N(C(=O)Cc2cccs2)[C@@H](C(=O)NCc2ccccc2)c2ccccc2)cc1. The van der Waals surface area contributed by atoms with E-state index in [1.807, 2.05) is 109 Å². The topological polar surface area (TPSA) is 58.6 Å². The van der Waals surface area contributed by atoms with Gasteiger partial charge in [0.05, 0.1) is 13.0 Å². The summed E-state index contributed by atoms with van der Waals surface area (Å²) < 4.78 is 5.59. The van der Waals surface area contributed by atoms with Crippen molar-refractivity contribution in [3.8, 4) is 5.75 Å². The second-order valence-electron chi connectivity index (χ2n) is 7.96. The summed E-state index contributed by atoms with van der Waals surface area (Å²) in [6.07, 6.45) is 0.209. The van der Waals surface area contributed by atoms with E-state index in [0.29, 0.717) is 24.6 Å². The molecule has 0 spiro atoms. The molecule has 178 valence electrons. The first-order valence-electron chi connectivity index (χ1n) is 11.6. The van der Waals surface area contributed by atoms with E-state index in [4.69, 9.17) is 4.74 Å². The van der Waals surface area contributed by atoms with Crippen LogP contribution in [0.15, 0.2) is 102 Å². The molecule has 0 radical (unpaired) electrons. The number of rotatable bonds is 10. The zero-order valence-corrected chi connectivity index (χ0v) is 20.4. The second kappa shape index (κ2) is 12.0. The fraction of sp³-hybridized carbons (Fsp3) is 0.172. The number of amides is 2. The molecule has 0 bridgehead atoms. The van der Waals surface area contributed by atoms with Crippen molar-refractivity contribution in [2.45, 2.75) is 25.9 Å². The Morgan fingerprint density at radius 3 is 2.20 bits per heavy atom. The van der Waals surface area contributed by atoms with E-state index in [2.05, 4.69) is 5.32 Å². The standard InChI is InChI=1S/C29H28N2O3S/c1-2-34-25-17-15-24(16-18-25)31(27(32)20-26-14-9-19-35-26)28(23-12-7-4-8-13-23)29(33)30-21-22-10-5-3-6-11-22/h3-19,28H,2,20-21H2,1H3,(H,30,33)/t28-/m1/s1. The van der Waals surface area contributed by atoms with Crippen LogP contribution in [0.25, 0.3) is 0 Å². The number of hydrogen-bond acceptors (Lipinski definition) is 4. The van der Waals surface area contributed by atoms with Crippen LogP contribution in [0.4, 0.5) is 5.69 Å². The van der Waals surface area contributed by atoms with Gasteiger partial charge in [-0.05, 0) is 53.8 Å². The van der Waals surface area contributed by atoms with Crippen molar-refractivity contribution >= 4 is 28.8 Å². The maximum Gasteiger partial charge on any atom is 0.248 e. The maximum atomic E-state index is 13.7. The molecule has 1 aromatic heterocycles. The van der Waals surface area contributed by atoms with Gasteiger partial charge in [-0.2, -0.15) is 0 Å². The fourth-order valence-corrected chi connectivity index (χ4v) is 4.58. The smallest absolute Gasteiger partial charge is 0.248 e. The molecule has 4 rings (SSSR count). The van der Waals surface area contributed by atoms with E-state index in [1.165, 1.54) is 11.3 Å². The van der Waals surface area contributed by atoms with Crippen LogP contribution in [0.1, 0.15) is 29.0 Å². The van der Waals surface area contributed by atoms with Crippen molar-refractivity contribution in [2.24, 2.45) is 0 Å². The van der Waals surface area contributed by atoms with Crippen molar-refractivity contribution < 1.29 is 14.3 Å². The Labute approximate surface area is 210 Å². The lowest BCUT2D eigenvalue weighted by Crippen LogP contribution is -2.44. The van der Waals surface area contributed by atoms with E-state index in [9.17, 15) is 9.59 Å². The highest BCUT2D eigenvalue weighted by atomic mass is 32.1. The molecule has 0 saturated carbocycles. The van der Waals surface area contributed by atoms with Crippen LogP contribution in [0.5, 0.6) is 5.75 Å². The van der Waals surface area contributed by atoms with Crippen LogP contribution in [0.3, 0.4) is 0 Å². The molecule has 0 aliphatic heterocycles. The predicted octanol–water partition coefficient (Wildman–Crippen LogP) is 5.78. The monoisotopic (exact) mass is 484 g/mol. The minimum Gasteiger partial charge on any atom is -0.494 e. The van der Waals surface area contributed by atoms with Crippen molar-refractivity contribution in [1.29, 1.82) is 0 Å². The molecule has 5 nitrogen and oxygen atoms in total. The first-order chi connectivity index (χ1) is 17.2. The van der Waals surface area contributed by atoms with Crippen LogP contribution >= 0.6 is 11.3 Å². The summed E-state index contributed by atoms with van der Waals surface area (Å²) in [5.74, 6) is 0.320. The van der Waals surface area contributed by atoms with E-state index >= 15 is 0 Å². The number of hydrogen-bond donors (Lipinski definition) is 1. The normalized spacial score (nSPS) is 11.5. The molecule has 0 aliphatic carbocycles. The fourth-order valence-electron chi connectivity index (χ4n) is 3.89. The summed E-state index contributed by atoms with van der Waals surface area (Å²) in [6, 6.07) is 29.5. The molecule has 1 atom stereocenters. The lowest BCUT2D eigenvalue weighted by molar-refractivity contribution is -0.126.